The van der Waals surface area contributed by atoms with Gasteiger partial charge in [-0.2, -0.15) is 0 Å². The average molecular weight is 326 g/mol. The highest BCUT2D eigenvalue weighted by molar-refractivity contribution is 6.42. The van der Waals surface area contributed by atoms with Crippen LogP contribution < -0.4 is 5.32 Å². The van der Waals surface area contributed by atoms with E-state index >= 15 is 0 Å². The van der Waals surface area contributed by atoms with Gasteiger partial charge in [0.1, 0.15) is 0 Å². The van der Waals surface area contributed by atoms with E-state index in [2.05, 4.69) is 38.2 Å². The van der Waals surface area contributed by atoms with Crippen LogP contribution in [0.3, 0.4) is 0 Å². The van der Waals surface area contributed by atoms with Crippen LogP contribution in [0.2, 0.25) is 10.0 Å². The third-order valence-corrected chi connectivity index (χ3v) is 6.07. The Hall–Kier alpha value is -0.240. The molecule has 0 aliphatic heterocycles. The van der Waals surface area contributed by atoms with Crippen molar-refractivity contribution in [3.8, 4) is 0 Å². The molecular weight excluding hydrogens is 301 g/mol. The second kappa shape index (κ2) is 5.15. The van der Waals surface area contributed by atoms with E-state index in [9.17, 15) is 0 Å². The van der Waals surface area contributed by atoms with Crippen LogP contribution in [-0.2, 0) is 5.41 Å². The van der Waals surface area contributed by atoms with Crippen LogP contribution in [0.4, 0.5) is 0 Å². The van der Waals surface area contributed by atoms with Crippen molar-refractivity contribution in [3.05, 3.63) is 33.8 Å². The molecule has 1 spiro atoms. The smallest absolute Gasteiger partial charge is 0.0595 e. The van der Waals surface area contributed by atoms with Crippen molar-refractivity contribution < 1.29 is 0 Å². The molecule has 2 aliphatic carbocycles. The van der Waals surface area contributed by atoms with E-state index < -0.39 is 0 Å². The maximum Gasteiger partial charge on any atom is 0.0595 e. The van der Waals surface area contributed by atoms with Gasteiger partial charge in [-0.1, -0.05) is 35.7 Å². The van der Waals surface area contributed by atoms with Gasteiger partial charge in [0.05, 0.1) is 10.0 Å². The van der Waals surface area contributed by atoms with Gasteiger partial charge in [-0.25, -0.2) is 0 Å². The highest BCUT2D eigenvalue weighted by Gasteiger charge is 2.57. The lowest BCUT2D eigenvalue weighted by Crippen LogP contribution is -2.59. The van der Waals surface area contributed by atoms with Gasteiger partial charge in [-0.05, 0) is 69.6 Å². The second-order valence-electron chi connectivity index (χ2n) is 8.22. The lowest BCUT2D eigenvalue weighted by atomic mass is 9.43. The first-order valence-corrected chi connectivity index (χ1v) is 8.70. The summed E-state index contributed by atoms with van der Waals surface area (Å²) in [4.78, 5) is 0. The summed E-state index contributed by atoms with van der Waals surface area (Å²) in [5.74, 6) is 0. The van der Waals surface area contributed by atoms with Gasteiger partial charge in [0.15, 0.2) is 0 Å². The van der Waals surface area contributed by atoms with Gasteiger partial charge >= 0.3 is 0 Å². The molecule has 2 fully saturated rings. The van der Waals surface area contributed by atoms with Crippen LogP contribution in [0.15, 0.2) is 18.2 Å². The molecule has 1 nitrogen and oxygen atoms in total. The minimum atomic E-state index is 0.144. The molecule has 2 saturated carbocycles. The van der Waals surface area contributed by atoms with E-state index in [1.54, 1.807) is 0 Å². The molecule has 0 amide bonds. The van der Waals surface area contributed by atoms with Crippen LogP contribution in [0, 0.1) is 5.41 Å². The Morgan fingerprint density at radius 2 is 1.76 bits per heavy atom. The van der Waals surface area contributed by atoms with Crippen molar-refractivity contribution in [2.75, 3.05) is 6.54 Å². The molecule has 1 N–H and O–H groups in total. The van der Waals surface area contributed by atoms with Crippen molar-refractivity contribution >= 4 is 23.2 Å². The largest absolute Gasteiger partial charge is 0.311 e. The van der Waals surface area contributed by atoms with Crippen molar-refractivity contribution in [2.24, 2.45) is 5.41 Å². The van der Waals surface area contributed by atoms with Crippen molar-refractivity contribution in [1.29, 1.82) is 0 Å². The number of hydrogen-bond donors (Lipinski definition) is 1. The van der Waals surface area contributed by atoms with E-state index in [0.29, 0.717) is 15.5 Å². The number of rotatable bonds is 3. The zero-order valence-electron chi connectivity index (χ0n) is 13.2. The summed E-state index contributed by atoms with van der Waals surface area (Å²) in [6, 6.07) is 6.20. The highest BCUT2D eigenvalue weighted by atomic mass is 35.5. The Morgan fingerprint density at radius 1 is 1.10 bits per heavy atom. The van der Waals surface area contributed by atoms with E-state index in [4.69, 9.17) is 23.2 Å². The Balaban J connectivity index is 1.84. The summed E-state index contributed by atoms with van der Waals surface area (Å²) in [7, 11) is 0. The number of nitrogens with one attached hydrogen (secondary N) is 1. The summed E-state index contributed by atoms with van der Waals surface area (Å²) in [5, 5.41) is 5.04. The number of benzene rings is 1. The topological polar surface area (TPSA) is 12.0 Å². The fourth-order valence-electron chi connectivity index (χ4n) is 4.11. The molecule has 2 aliphatic rings. The molecule has 0 heterocycles. The molecule has 0 saturated heterocycles. The van der Waals surface area contributed by atoms with Gasteiger partial charge in [0.25, 0.3) is 0 Å². The SMILES string of the molecule is CC(C)(C)NCC1(c2ccc(Cl)c(Cl)c2)CC2(CCC2)C1. The molecule has 116 valence electrons. The monoisotopic (exact) mass is 325 g/mol. The fourth-order valence-corrected chi connectivity index (χ4v) is 4.40. The zero-order valence-corrected chi connectivity index (χ0v) is 14.7. The second-order valence-corrected chi connectivity index (χ2v) is 9.03. The van der Waals surface area contributed by atoms with E-state index in [0.717, 1.165) is 6.54 Å². The van der Waals surface area contributed by atoms with Gasteiger partial charge in [-0.15, -0.1) is 0 Å². The molecule has 21 heavy (non-hydrogen) atoms. The van der Waals surface area contributed by atoms with E-state index in [1.807, 2.05) is 6.07 Å². The molecule has 1 aromatic carbocycles. The predicted molar refractivity (Wildman–Crippen MR) is 91.4 cm³/mol. The molecule has 0 unspecified atom stereocenters. The van der Waals surface area contributed by atoms with E-state index in [1.165, 1.54) is 37.7 Å². The maximum absolute atomic E-state index is 6.26. The van der Waals surface area contributed by atoms with Crippen LogP contribution in [0.1, 0.15) is 58.4 Å². The maximum atomic E-state index is 6.26. The fraction of sp³-hybridized carbons (Fsp3) is 0.667. The first kappa shape index (κ1) is 15.6. The Labute approximate surface area is 138 Å². The summed E-state index contributed by atoms with van der Waals surface area (Å²) in [6.45, 7) is 7.71. The summed E-state index contributed by atoms with van der Waals surface area (Å²) in [5.41, 5.74) is 2.37. The van der Waals surface area contributed by atoms with E-state index in [-0.39, 0.29) is 11.0 Å². The van der Waals surface area contributed by atoms with Gasteiger partial charge in [0.2, 0.25) is 0 Å². The third-order valence-electron chi connectivity index (χ3n) is 5.33. The van der Waals surface area contributed by atoms with Crippen LogP contribution in [-0.4, -0.2) is 12.1 Å². The van der Waals surface area contributed by atoms with Crippen LogP contribution in [0.25, 0.3) is 0 Å². The van der Waals surface area contributed by atoms with Gasteiger partial charge < -0.3 is 5.32 Å². The quantitative estimate of drug-likeness (QED) is 0.764. The first-order chi connectivity index (χ1) is 9.74. The molecule has 0 bridgehead atoms. The predicted octanol–water partition coefficient (Wildman–Crippen LogP) is 5.58. The van der Waals surface area contributed by atoms with Crippen molar-refractivity contribution in [2.45, 2.75) is 63.8 Å². The standard InChI is InChI=1S/C18H25Cl2N/c1-16(2,3)21-12-18(10-17(11-18)7-4-8-17)13-5-6-14(19)15(20)9-13/h5-6,9,21H,4,7-8,10-12H2,1-3H3. The lowest BCUT2D eigenvalue weighted by Gasteiger charge is -2.62. The Kier molecular flexibility index (Phi) is 3.83. The number of halogens is 2. The molecule has 0 radical (unpaired) electrons. The molecular formula is C18H25Cl2N. The molecule has 0 atom stereocenters. The average Bonchev–Trinajstić information content (AvgIpc) is 2.28. The summed E-state index contributed by atoms with van der Waals surface area (Å²) < 4.78 is 0. The summed E-state index contributed by atoms with van der Waals surface area (Å²) >= 11 is 12.3. The Bertz CT molecular complexity index is 533. The first-order valence-electron chi connectivity index (χ1n) is 7.94. The molecule has 3 heteroatoms. The zero-order chi connectivity index (χ0) is 15.3. The Morgan fingerprint density at radius 3 is 2.24 bits per heavy atom. The minimum Gasteiger partial charge on any atom is -0.311 e. The molecule has 3 rings (SSSR count). The molecule has 1 aromatic rings. The normalized spacial score (nSPS) is 22.7. The van der Waals surface area contributed by atoms with Gasteiger partial charge in [-0.3, -0.25) is 0 Å². The van der Waals surface area contributed by atoms with Crippen LogP contribution in [0.5, 0.6) is 0 Å². The van der Waals surface area contributed by atoms with Crippen molar-refractivity contribution in [1.82, 2.24) is 5.32 Å². The highest BCUT2D eigenvalue weighted by Crippen LogP contribution is 2.65. The minimum absolute atomic E-state index is 0.144. The lowest BCUT2D eigenvalue weighted by molar-refractivity contribution is -0.0503. The number of hydrogen-bond acceptors (Lipinski definition) is 1. The van der Waals surface area contributed by atoms with Crippen molar-refractivity contribution in [3.63, 3.8) is 0 Å². The van der Waals surface area contributed by atoms with Gasteiger partial charge in [0, 0.05) is 17.5 Å². The molecule has 0 aromatic heterocycles. The van der Waals surface area contributed by atoms with Crippen LogP contribution >= 0.6 is 23.2 Å². The summed E-state index contributed by atoms with van der Waals surface area (Å²) in [6.07, 6.45) is 6.81. The third kappa shape index (κ3) is 2.98.